The van der Waals surface area contributed by atoms with Gasteiger partial charge in [-0.2, -0.15) is 4.31 Å². The van der Waals surface area contributed by atoms with Crippen LogP contribution in [0.5, 0.6) is 0 Å². The standard InChI is InChI=1S/C14H14FN5O4S2/c1-8(21)17-13-18-19-14(25-13)26(23,24)20-7-6-16-12(22)11(20)9-4-2-3-5-10(9)15/h2-5,11H,6-7H2,1H3,(H,16,22)(H,17,18,21). The molecule has 1 atom stereocenters. The molecule has 1 fully saturated rings. The van der Waals surface area contributed by atoms with Gasteiger partial charge in [0.1, 0.15) is 11.9 Å². The highest BCUT2D eigenvalue weighted by atomic mass is 32.2. The molecule has 1 aromatic carbocycles. The van der Waals surface area contributed by atoms with Gasteiger partial charge in [0.25, 0.3) is 10.0 Å². The van der Waals surface area contributed by atoms with Gasteiger partial charge in [-0.15, -0.1) is 10.2 Å². The summed E-state index contributed by atoms with van der Waals surface area (Å²) in [7, 11) is -4.22. The number of anilines is 1. The Bertz CT molecular complexity index is 962. The molecule has 0 saturated carbocycles. The minimum atomic E-state index is -4.22. The summed E-state index contributed by atoms with van der Waals surface area (Å²) >= 11 is 0.655. The van der Waals surface area contributed by atoms with E-state index in [-0.39, 0.29) is 23.8 Å². The van der Waals surface area contributed by atoms with Crippen molar-refractivity contribution in [1.29, 1.82) is 0 Å². The minimum absolute atomic E-state index is 0.0139. The van der Waals surface area contributed by atoms with Crippen LogP contribution in [-0.2, 0) is 19.6 Å². The van der Waals surface area contributed by atoms with Gasteiger partial charge in [-0.25, -0.2) is 12.8 Å². The lowest BCUT2D eigenvalue weighted by atomic mass is 10.0. The van der Waals surface area contributed by atoms with Gasteiger partial charge in [0.2, 0.25) is 21.3 Å². The Morgan fingerprint density at radius 1 is 1.38 bits per heavy atom. The lowest BCUT2D eigenvalue weighted by Gasteiger charge is -2.33. The molecular formula is C14H14FN5O4S2. The first-order valence-corrected chi connectivity index (χ1v) is 9.71. The van der Waals surface area contributed by atoms with E-state index in [1.54, 1.807) is 0 Å². The average Bonchev–Trinajstić information content (AvgIpc) is 3.04. The first-order valence-electron chi connectivity index (χ1n) is 7.46. The summed E-state index contributed by atoms with van der Waals surface area (Å²) in [4.78, 5) is 23.4. The predicted octanol–water partition coefficient (Wildman–Crippen LogP) is 0.497. The molecule has 0 bridgehead atoms. The number of benzene rings is 1. The molecule has 1 aliphatic rings. The third-order valence-corrected chi connectivity index (χ3v) is 6.64. The van der Waals surface area contributed by atoms with Crippen LogP contribution in [0.15, 0.2) is 28.6 Å². The number of hydrogen-bond acceptors (Lipinski definition) is 7. The van der Waals surface area contributed by atoms with Crippen molar-refractivity contribution in [2.75, 3.05) is 18.4 Å². The van der Waals surface area contributed by atoms with E-state index < -0.39 is 38.0 Å². The molecule has 9 nitrogen and oxygen atoms in total. The number of amides is 2. The quantitative estimate of drug-likeness (QED) is 0.722. The fourth-order valence-corrected chi connectivity index (χ4v) is 5.15. The Balaban J connectivity index is 2.01. The number of nitrogens with one attached hydrogen (secondary N) is 2. The van der Waals surface area contributed by atoms with Crippen LogP contribution in [-0.4, -0.2) is 47.8 Å². The summed E-state index contributed by atoms with van der Waals surface area (Å²) in [6.07, 6.45) is 0. The van der Waals surface area contributed by atoms with Gasteiger partial charge in [-0.1, -0.05) is 29.5 Å². The summed E-state index contributed by atoms with van der Waals surface area (Å²) in [5, 5.41) is 12.1. The molecule has 26 heavy (non-hydrogen) atoms. The van der Waals surface area contributed by atoms with E-state index in [2.05, 4.69) is 20.8 Å². The summed E-state index contributed by atoms with van der Waals surface area (Å²) in [5.74, 6) is -1.74. The molecule has 138 valence electrons. The van der Waals surface area contributed by atoms with E-state index in [1.807, 2.05) is 0 Å². The lowest BCUT2D eigenvalue weighted by Crippen LogP contribution is -2.52. The number of aromatic nitrogens is 2. The maximum Gasteiger partial charge on any atom is 0.273 e. The third kappa shape index (κ3) is 3.43. The van der Waals surface area contributed by atoms with E-state index >= 15 is 0 Å². The number of nitrogens with zero attached hydrogens (tertiary/aromatic N) is 3. The zero-order chi connectivity index (χ0) is 18.9. The summed E-state index contributed by atoms with van der Waals surface area (Å²) in [5.41, 5.74) is -0.0557. The molecule has 0 aliphatic carbocycles. The largest absolute Gasteiger partial charge is 0.353 e. The average molecular weight is 399 g/mol. The Kier molecular flexibility index (Phi) is 4.98. The van der Waals surface area contributed by atoms with Crippen molar-refractivity contribution in [2.24, 2.45) is 0 Å². The van der Waals surface area contributed by atoms with Crippen LogP contribution < -0.4 is 10.6 Å². The van der Waals surface area contributed by atoms with E-state index in [4.69, 9.17) is 0 Å². The summed E-state index contributed by atoms with van der Waals surface area (Å²) in [6, 6.07) is 4.12. The molecule has 2 N–H and O–H groups in total. The maximum atomic E-state index is 14.2. The van der Waals surface area contributed by atoms with Crippen LogP contribution in [0.2, 0.25) is 0 Å². The topological polar surface area (TPSA) is 121 Å². The second-order valence-electron chi connectivity index (χ2n) is 5.39. The van der Waals surface area contributed by atoms with Crippen molar-refractivity contribution in [3.8, 4) is 0 Å². The molecule has 3 rings (SSSR count). The van der Waals surface area contributed by atoms with Crippen LogP contribution in [0, 0.1) is 5.82 Å². The highest BCUT2D eigenvalue weighted by Gasteiger charge is 2.42. The van der Waals surface area contributed by atoms with Crippen molar-refractivity contribution >= 4 is 38.3 Å². The monoisotopic (exact) mass is 399 g/mol. The number of rotatable bonds is 4. The Morgan fingerprint density at radius 2 is 2.12 bits per heavy atom. The van der Waals surface area contributed by atoms with Gasteiger partial charge in [0.15, 0.2) is 0 Å². The predicted molar refractivity (Wildman–Crippen MR) is 90.3 cm³/mol. The molecule has 12 heteroatoms. The van der Waals surface area contributed by atoms with Gasteiger partial charge in [-0.3, -0.25) is 9.59 Å². The molecular weight excluding hydrogens is 385 g/mol. The van der Waals surface area contributed by atoms with Crippen molar-refractivity contribution in [3.63, 3.8) is 0 Å². The van der Waals surface area contributed by atoms with E-state index in [0.717, 1.165) is 10.4 Å². The molecule has 2 heterocycles. The zero-order valence-electron chi connectivity index (χ0n) is 13.5. The fraction of sp³-hybridized carbons (Fsp3) is 0.286. The van der Waals surface area contributed by atoms with Gasteiger partial charge in [0.05, 0.1) is 0 Å². The lowest BCUT2D eigenvalue weighted by molar-refractivity contribution is -0.127. The molecule has 0 spiro atoms. The number of piperazine rings is 1. The zero-order valence-corrected chi connectivity index (χ0v) is 15.1. The van der Waals surface area contributed by atoms with Gasteiger partial charge in [0, 0.05) is 25.6 Å². The van der Waals surface area contributed by atoms with Crippen LogP contribution >= 0.6 is 11.3 Å². The number of carbonyl (C=O) groups is 2. The van der Waals surface area contributed by atoms with E-state index in [0.29, 0.717) is 11.3 Å². The van der Waals surface area contributed by atoms with Crippen molar-refractivity contribution in [2.45, 2.75) is 17.3 Å². The number of hydrogen-bond donors (Lipinski definition) is 2. The molecule has 1 aliphatic heterocycles. The van der Waals surface area contributed by atoms with Gasteiger partial charge < -0.3 is 10.6 Å². The molecule has 1 unspecified atom stereocenters. The Morgan fingerprint density at radius 3 is 2.81 bits per heavy atom. The van der Waals surface area contributed by atoms with Crippen LogP contribution in [0.3, 0.4) is 0 Å². The molecule has 2 aromatic rings. The third-order valence-electron chi connectivity index (χ3n) is 3.59. The SMILES string of the molecule is CC(=O)Nc1nnc(S(=O)(=O)N2CCNC(=O)C2c2ccccc2F)s1. The second-order valence-corrected chi connectivity index (χ2v) is 8.43. The van der Waals surface area contributed by atoms with Gasteiger partial charge >= 0.3 is 0 Å². The van der Waals surface area contributed by atoms with Crippen molar-refractivity contribution in [3.05, 3.63) is 35.6 Å². The van der Waals surface area contributed by atoms with E-state index in [1.165, 1.54) is 25.1 Å². The first-order chi connectivity index (χ1) is 12.3. The molecule has 1 aromatic heterocycles. The normalized spacial score (nSPS) is 18.4. The number of sulfonamides is 1. The summed E-state index contributed by atoms with van der Waals surface area (Å²) < 4.78 is 40.6. The fourth-order valence-electron chi connectivity index (χ4n) is 2.51. The highest BCUT2D eigenvalue weighted by Crippen LogP contribution is 2.32. The minimum Gasteiger partial charge on any atom is -0.353 e. The van der Waals surface area contributed by atoms with E-state index in [9.17, 15) is 22.4 Å². The highest BCUT2D eigenvalue weighted by molar-refractivity contribution is 7.91. The smallest absolute Gasteiger partial charge is 0.273 e. The summed E-state index contributed by atoms with van der Waals surface area (Å²) in [6.45, 7) is 1.28. The van der Waals surface area contributed by atoms with Crippen molar-refractivity contribution < 1.29 is 22.4 Å². The first kappa shape index (κ1) is 18.4. The van der Waals surface area contributed by atoms with Crippen LogP contribution in [0.25, 0.3) is 0 Å². The second kappa shape index (κ2) is 7.05. The maximum absolute atomic E-state index is 14.2. The molecule has 1 saturated heterocycles. The van der Waals surface area contributed by atoms with Crippen molar-refractivity contribution in [1.82, 2.24) is 19.8 Å². The van der Waals surface area contributed by atoms with Crippen LogP contribution in [0.4, 0.5) is 9.52 Å². The Hall–Kier alpha value is -2.44. The molecule has 0 radical (unpaired) electrons. The van der Waals surface area contributed by atoms with Gasteiger partial charge in [-0.05, 0) is 6.07 Å². The molecule has 2 amide bonds. The van der Waals surface area contributed by atoms with Crippen LogP contribution in [0.1, 0.15) is 18.5 Å². The number of carbonyl (C=O) groups excluding carboxylic acids is 2. The number of halogens is 1. The Labute approximate surface area is 152 Å².